The highest BCUT2D eigenvalue weighted by molar-refractivity contribution is 7.99. The third kappa shape index (κ3) is 22.6. The number of H-pyrrole nitrogens is 1. The fourth-order valence-corrected chi connectivity index (χ4v) is 14.6. The average molecular weight is 1400 g/mol. The number of carboxylic acids is 1. The van der Waals surface area contributed by atoms with E-state index in [9.17, 15) is 77.6 Å². The van der Waals surface area contributed by atoms with Crippen LogP contribution in [0.3, 0.4) is 0 Å². The van der Waals surface area contributed by atoms with Crippen LogP contribution in [0.15, 0.2) is 17.2 Å². The summed E-state index contributed by atoms with van der Waals surface area (Å²) in [5.74, 6) is -13.5. The number of carbonyl (C=O) groups is 13. The van der Waals surface area contributed by atoms with Crippen LogP contribution in [0.5, 0.6) is 5.75 Å². The van der Waals surface area contributed by atoms with Gasteiger partial charge in [-0.1, -0.05) is 47.0 Å². The first-order valence-electron chi connectivity index (χ1n) is 33.0. The molecule has 538 valence electrons. The number of carboxylic acid groups (broad SMARTS) is 1. The first-order chi connectivity index (χ1) is 46.1. The topological polar surface area (TPSA) is 492 Å². The van der Waals surface area contributed by atoms with Crippen molar-refractivity contribution in [2.75, 3.05) is 65.3 Å². The van der Waals surface area contributed by atoms with E-state index in [1.807, 2.05) is 4.90 Å². The van der Waals surface area contributed by atoms with Gasteiger partial charge < -0.3 is 98.1 Å². The summed E-state index contributed by atoms with van der Waals surface area (Å²) in [6.07, 6.45) is 1.10. The van der Waals surface area contributed by atoms with Gasteiger partial charge in [0.1, 0.15) is 41.7 Å². The highest BCUT2D eigenvalue weighted by atomic mass is 32.2. The minimum absolute atomic E-state index is 0.00799. The maximum absolute atomic E-state index is 15.4. The lowest BCUT2D eigenvalue weighted by Gasteiger charge is -2.32. The van der Waals surface area contributed by atoms with E-state index in [0.717, 1.165) is 11.3 Å². The Morgan fingerprint density at radius 1 is 0.804 bits per heavy atom. The first-order valence-corrected chi connectivity index (χ1v) is 35.4. The van der Waals surface area contributed by atoms with Crippen molar-refractivity contribution in [3.8, 4) is 5.75 Å². The Bertz CT molecular complexity index is 3170. The number of piperidine rings is 1. The fraction of sp³-hybridized carbons (Fsp3) is 0.667. The number of methoxy groups -OCH3 is 1. The Morgan fingerprint density at radius 3 is 2.11 bits per heavy atom. The number of ether oxygens (including phenoxy) is 1. The SMILES string of the molecule is CC[C@H](C)[C@@H]1NC(=O)CNC(=O)[C@@H]2Cc3c([nH]c4c(CSC5CCN(C(=O)CCCCCNC(=O)CCCCCNC(=O)C(C)CC(=O)O)CC5)c(OC)ccc34)[S+]([O-])C[C@H](NC(=O)CNC1=O)C(=O)N[C@@H](CC(N)=O)C(=O)N1C[C@H](O)C[C@H]1C(=O)N[C@@H]([C@@H](C)[C@@H](O)CO)C(=O)N2. The summed E-state index contributed by atoms with van der Waals surface area (Å²) in [4.78, 5) is 182. The Kier molecular flexibility index (Phi) is 30.5. The van der Waals surface area contributed by atoms with E-state index in [1.165, 1.54) is 14.0 Å². The van der Waals surface area contributed by atoms with Crippen LogP contribution in [-0.4, -0.2) is 236 Å². The van der Waals surface area contributed by atoms with Crippen LogP contribution in [0, 0.1) is 17.8 Å². The number of nitrogens with one attached hydrogen (secondary N) is 10. The van der Waals surface area contributed by atoms with Crippen molar-refractivity contribution in [1.82, 2.24) is 62.6 Å². The summed E-state index contributed by atoms with van der Waals surface area (Å²) >= 11 is -0.897. The number of hydrogen-bond donors (Lipinski definition) is 15. The standard InChI is InChI=1S/C63H95N13O19S2/c1-6-33(2)53-60(91)68-27-49(82)69-43-32-97(94)62-39(25-41(57(88)67-28-50(83)72-53)70-61(92)54(35(4)45(79)30-77)73-59(90)44-24-36(78)29-76(44)63(93)42(26-47(64)80)71-58(43)89)38-15-16-46(95-5)40(55(38)74-62)31-96-37-17-21-75(22-18-37)51(84)14-10-8-11-19-65-48(81)13-9-7-12-20-66-56(87)34(3)23-52(85)86/h15-16,33-37,41-45,53-54,74,77-79H,6-14,17-32H2,1-5H3,(H2,64,80)(H,65,81)(H,66,87)(H,67,88)(H,68,91)(H,69,82)(H,70,92)(H,71,89)(H,72,83)(H,73,90)(H,85,86)/t33-,34?,35-,36+,41-,42-,43-,44-,45-,53-,54-,97?/m0/s1. The Hall–Kier alpha value is -7.79. The number of fused-ring (bicyclic) bond motifs is 5. The predicted molar refractivity (Wildman–Crippen MR) is 352 cm³/mol. The van der Waals surface area contributed by atoms with Crippen molar-refractivity contribution in [2.24, 2.45) is 23.5 Å². The van der Waals surface area contributed by atoms with Crippen molar-refractivity contribution in [3.63, 3.8) is 0 Å². The van der Waals surface area contributed by atoms with Crippen LogP contribution in [0.25, 0.3) is 10.9 Å². The Morgan fingerprint density at radius 2 is 1.46 bits per heavy atom. The highest BCUT2D eigenvalue weighted by Crippen LogP contribution is 2.39. The zero-order valence-corrected chi connectivity index (χ0v) is 57.1. The zero-order valence-electron chi connectivity index (χ0n) is 55.5. The van der Waals surface area contributed by atoms with Crippen LogP contribution < -0.4 is 58.3 Å². The third-order valence-electron chi connectivity index (χ3n) is 18.0. The number of aliphatic hydroxyl groups excluding tert-OH is 3. The van der Waals surface area contributed by atoms with Gasteiger partial charge in [-0.15, -0.1) is 0 Å². The molecule has 2 unspecified atom stereocenters. The average Bonchev–Trinajstić information content (AvgIpc) is 1.64. The number of primary amides is 1. The molecule has 4 aliphatic heterocycles. The molecule has 12 amide bonds. The zero-order chi connectivity index (χ0) is 71.2. The molecule has 5 heterocycles. The summed E-state index contributed by atoms with van der Waals surface area (Å²) in [5.41, 5.74) is 6.61. The molecule has 0 saturated carbocycles. The second-order valence-corrected chi connectivity index (χ2v) is 28.0. The largest absolute Gasteiger partial charge is 0.610 e. The van der Waals surface area contributed by atoms with Crippen LogP contribution in [0.2, 0.25) is 0 Å². The van der Waals surface area contributed by atoms with E-state index in [2.05, 4.69) is 52.8 Å². The van der Waals surface area contributed by atoms with Crippen LogP contribution >= 0.6 is 11.8 Å². The predicted octanol–water partition coefficient (Wildman–Crippen LogP) is -2.93. The van der Waals surface area contributed by atoms with E-state index in [1.54, 1.807) is 44.7 Å². The maximum Gasteiger partial charge on any atom is 0.304 e. The van der Waals surface area contributed by atoms with Gasteiger partial charge in [0, 0.05) is 109 Å². The number of nitrogens with two attached hydrogens (primary N) is 1. The number of aromatic nitrogens is 1. The van der Waals surface area contributed by atoms with E-state index < -0.39 is 188 Å². The second kappa shape index (κ2) is 37.8. The number of amides is 12. The Balaban J connectivity index is 1.26. The van der Waals surface area contributed by atoms with Crippen molar-refractivity contribution in [2.45, 2.75) is 188 Å². The summed E-state index contributed by atoms with van der Waals surface area (Å²) in [6, 6.07) is -6.98. The number of likely N-dealkylation sites (tertiary alicyclic amines) is 1. The van der Waals surface area contributed by atoms with E-state index in [0.29, 0.717) is 113 Å². The molecule has 34 heteroatoms. The normalized spacial score (nSPS) is 24.1. The van der Waals surface area contributed by atoms with Crippen LogP contribution in [0.1, 0.15) is 129 Å². The number of carbonyl (C=O) groups excluding carboxylic acids is 12. The highest BCUT2D eigenvalue weighted by Gasteiger charge is 2.46. The molecule has 0 spiro atoms. The van der Waals surface area contributed by atoms with Gasteiger partial charge in [-0.25, -0.2) is 0 Å². The van der Waals surface area contributed by atoms with Gasteiger partial charge in [0.15, 0.2) is 6.04 Å². The number of hydrogen-bond acceptors (Lipinski definition) is 19. The fourth-order valence-electron chi connectivity index (χ4n) is 12.0. The van der Waals surface area contributed by atoms with E-state index in [4.69, 9.17) is 15.6 Å². The summed E-state index contributed by atoms with van der Waals surface area (Å²) in [5, 5.41) is 64.3. The van der Waals surface area contributed by atoms with Gasteiger partial charge in [-0.2, -0.15) is 11.8 Å². The number of nitrogens with zero attached hydrogens (tertiary/aromatic N) is 2. The number of rotatable bonds is 26. The number of aliphatic carboxylic acids is 1. The van der Waals surface area contributed by atoms with Crippen molar-refractivity contribution in [3.05, 3.63) is 23.3 Å². The number of aliphatic hydroxyl groups is 3. The lowest BCUT2D eigenvalue weighted by atomic mass is 9.93. The molecular formula is C63H95N13O19S2. The minimum Gasteiger partial charge on any atom is -0.610 e. The second-order valence-electron chi connectivity index (χ2n) is 25.2. The monoisotopic (exact) mass is 1400 g/mol. The smallest absolute Gasteiger partial charge is 0.304 e. The molecule has 2 bridgehead atoms. The molecule has 0 radical (unpaired) electrons. The molecule has 2 saturated heterocycles. The molecule has 6 rings (SSSR count). The number of thioether (sulfide) groups is 1. The summed E-state index contributed by atoms with van der Waals surface area (Å²) in [7, 11) is 1.44. The Labute approximate surface area is 569 Å². The van der Waals surface area contributed by atoms with E-state index in [-0.39, 0.29) is 45.7 Å². The molecule has 2 aromatic rings. The summed E-state index contributed by atoms with van der Waals surface area (Å²) in [6.45, 7) is 5.04. The van der Waals surface area contributed by atoms with Gasteiger partial charge in [0.05, 0.1) is 57.4 Å². The summed E-state index contributed by atoms with van der Waals surface area (Å²) < 4.78 is 21.3. The molecule has 32 nitrogen and oxygen atoms in total. The van der Waals surface area contributed by atoms with Crippen LogP contribution in [-0.2, 0) is 85.7 Å². The van der Waals surface area contributed by atoms with Gasteiger partial charge in [0.2, 0.25) is 75.9 Å². The molecular weight excluding hydrogens is 1310 g/mol. The number of unbranched alkanes of at least 4 members (excludes halogenated alkanes) is 4. The van der Waals surface area contributed by atoms with Crippen molar-refractivity contribution >= 4 is 111 Å². The molecule has 1 aromatic carbocycles. The van der Waals surface area contributed by atoms with Gasteiger partial charge >= 0.3 is 5.97 Å². The van der Waals surface area contributed by atoms with Gasteiger partial charge in [0.25, 0.3) is 0 Å². The molecule has 12 atom stereocenters. The quantitative estimate of drug-likeness (QED) is 0.0331. The van der Waals surface area contributed by atoms with E-state index >= 15 is 4.55 Å². The molecule has 4 aliphatic rings. The first kappa shape index (κ1) is 78.2. The van der Waals surface area contributed by atoms with Crippen LogP contribution in [0.4, 0.5) is 0 Å². The van der Waals surface area contributed by atoms with Gasteiger partial charge in [-0.3, -0.25) is 62.3 Å². The van der Waals surface area contributed by atoms with Crippen molar-refractivity contribution < 1.29 is 92.0 Å². The third-order valence-corrected chi connectivity index (χ3v) is 20.8. The molecule has 2 fully saturated rings. The molecule has 97 heavy (non-hydrogen) atoms. The van der Waals surface area contributed by atoms with Crippen molar-refractivity contribution in [1.29, 1.82) is 0 Å². The number of benzene rings is 1. The van der Waals surface area contributed by atoms with Gasteiger partial charge in [-0.05, 0) is 56.6 Å². The molecule has 0 aliphatic carbocycles. The lowest BCUT2D eigenvalue weighted by Crippen LogP contribution is -2.62. The molecule has 16 N–H and O–H groups in total. The molecule has 1 aromatic heterocycles. The minimum atomic E-state index is -2.46. The number of aromatic amines is 1. The maximum atomic E-state index is 15.4. The lowest BCUT2D eigenvalue weighted by molar-refractivity contribution is -0.144.